The molecule has 0 fully saturated rings. The molecule has 1 aromatic heterocycles. The maximum Gasteiger partial charge on any atom is 0.241 e. The van der Waals surface area contributed by atoms with Crippen LogP contribution in [0.15, 0.2) is 18.7 Å². The lowest BCUT2D eigenvalue weighted by molar-refractivity contribution is -0.696. The summed E-state index contributed by atoms with van der Waals surface area (Å²) in [7, 11) is 0. The summed E-state index contributed by atoms with van der Waals surface area (Å²) < 4.78 is 2.23. The van der Waals surface area contributed by atoms with Gasteiger partial charge in [-0.2, -0.15) is 0 Å². The summed E-state index contributed by atoms with van der Waals surface area (Å²) in [5.74, 6) is 0. The number of halogens is 1. The van der Waals surface area contributed by atoms with Gasteiger partial charge in [0.25, 0.3) is 0 Å². The molecule has 1 heterocycles. The molecule has 3 heteroatoms. The molecule has 0 atom stereocenters. The van der Waals surface area contributed by atoms with Crippen molar-refractivity contribution in [1.82, 2.24) is 4.98 Å². The van der Waals surface area contributed by atoms with Crippen LogP contribution in [0, 0.1) is 0 Å². The van der Waals surface area contributed by atoms with Crippen LogP contribution in [0.2, 0.25) is 0 Å². The van der Waals surface area contributed by atoms with Gasteiger partial charge in [-0.25, -0.2) is 4.57 Å². The van der Waals surface area contributed by atoms with Gasteiger partial charge in [0.2, 0.25) is 6.33 Å². The summed E-state index contributed by atoms with van der Waals surface area (Å²) >= 11 is 0. The first kappa shape index (κ1) is 18.5. The molecule has 19 heavy (non-hydrogen) atoms. The molecule has 0 aliphatic rings. The lowest BCUT2D eigenvalue weighted by Crippen LogP contribution is -3.00. The fourth-order valence-electron chi connectivity index (χ4n) is 2.42. The number of aryl methyl sites for hydroxylation is 1. The third kappa shape index (κ3) is 11.1. The highest BCUT2D eigenvalue weighted by atomic mass is 35.5. The number of aromatic nitrogens is 2. The monoisotopic (exact) mass is 286 g/mol. The van der Waals surface area contributed by atoms with Crippen molar-refractivity contribution < 1.29 is 17.0 Å². The summed E-state index contributed by atoms with van der Waals surface area (Å²) in [5, 5.41) is 0. The first-order chi connectivity index (χ1) is 8.93. The van der Waals surface area contributed by atoms with Crippen molar-refractivity contribution in [2.24, 2.45) is 0 Å². The molecule has 0 saturated heterocycles. The standard InChI is InChI=1S/C16H30N2.ClH/c1-2-3-4-5-6-7-8-9-10-11-12-14-18-15-13-17-16-18;/h13,15-16H,2-12,14H2,1H3;1H. The average molecular weight is 287 g/mol. The lowest BCUT2D eigenvalue weighted by atomic mass is 10.1. The number of aromatic amines is 1. The van der Waals surface area contributed by atoms with Crippen LogP contribution in [0.4, 0.5) is 0 Å². The first-order valence-corrected chi connectivity index (χ1v) is 7.95. The van der Waals surface area contributed by atoms with Crippen LogP contribution in [0.1, 0.15) is 77.6 Å². The van der Waals surface area contributed by atoms with Crippen LogP contribution in [0.5, 0.6) is 0 Å². The highest BCUT2D eigenvalue weighted by Gasteiger charge is 1.96. The van der Waals surface area contributed by atoms with Crippen LogP contribution >= 0.6 is 0 Å². The van der Waals surface area contributed by atoms with E-state index in [1.165, 1.54) is 77.2 Å². The Bertz CT molecular complexity index is 260. The van der Waals surface area contributed by atoms with Crippen LogP contribution in [-0.4, -0.2) is 4.98 Å². The Morgan fingerprint density at radius 1 is 0.789 bits per heavy atom. The van der Waals surface area contributed by atoms with Crippen molar-refractivity contribution in [2.45, 2.75) is 84.1 Å². The van der Waals surface area contributed by atoms with Gasteiger partial charge in [0.05, 0.1) is 6.54 Å². The van der Waals surface area contributed by atoms with Gasteiger partial charge in [0.15, 0.2) is 0 Å². The van der Waals surface area contributed by atoms with Crippen LogP contribution in [0.25, 0.3) is 0 Å². The van der Waals surface area contributed by atoms with Crippen molar-refractivity contribution in [1.29, 1.82) is 0 Å². The van der Waals surface area contributed by atoms with E-state index in [0.29, 0.717) is 0 Å². The predicted molar refractivity (Wildman–Crippen MR) is 77.4 cm³/mol. The van der Waals surface area contributed by atoms with Crippen molar-refractivity contribution in [2.75, 3.05) is 0 Å². The number of imidazole rings is 1. The number of nitrogens with one attached hydrogen (secondary N) is 1. The molecule has 0 aliphatic heterocycles. The molecule has 2 nitrogen and oxygen atoms in total. The number of hydrogen-bond donors (Lipinski definition) is 1. The minimum Gasteiger partial charge on any atom is -1.00 e. The van der Waals surface area contributed by atoms with Gasteiger partial charge in [-0.05, 0) is 12.8 Å². The van der Waals surface area contributed by atoms with E-state index in [0.717, 1.165) is 0 Å². The zero-order chi connectivity index (χ0) is 12.9. The SMILES string of the molecule is CCCCCCCCCCCCC[n+]1cc[nH]c1.[Cl-]. The molecule has 112 valence electrons. The Morgan fingerprint density at radius 3 is 1.79 bits per heavy atom. The van der Waals surface area contributed by atoms with Gasteiger partial charge in [0.1, 0.15) is 12.4 Å². The van der Waals surface area contributed by atoms with E-state index in [9.17, 15) is 0 Å². The summed E-state index contributed by atoms with van der Waals surface area (Å²) in [6.07, 6.45) is 21.7. The van der Waals surface area contributed by atoms with Crippen molar-refractivity contribution in [3.63, 3.8) is 0 Å². The summed E-state index contributed by atoms with van der Waals surface area (Å²) in [5.41, 5.74) is 0. The quantitative estimate of drug-likeness (QED) is 0.445. The molecule has 0 radical (unpaired) electrons. The van der Waals surface area contributed by atoms with Crippen molar-refractivity contribution in [3.8, 4) is 0 Å². The molecular formula is C16H31ClN2. The van der Waals surface area contributed by atoms with E-state index < -0.39 is 0 Å². The molecular weight excluding hydrogens is 256 g/mol. The normalized spacial score (nSPS) is 10.4. The van der Waals surface area contributed by atoms with Crippen LogP contribution < -0.4 is 17.0 Å². The van der Waals surface area contributed by atoms with Gasteiger partial charge in [0, 0.05) is 0 Å². The second-order valence-electron chi connectivity index (χ2n) is 5.38. The summed E-state index contributed by atoms with van der Waals surface area (Å²) in [4.78, 5) is 3.08. The van der Waals surface area contributed by atoms with E-state index in [-0.39, 0.29) is 12.4 Å². The number of hydrogen-bond acceptors (Lipinski definition) is 0. The van der Waals surface area contributed by atoms with Gasteiger partial charge < -0.3 is 12.4 Å². The molecule has 0 aliphatic carbocycles. The second kappa shape index (κ2) is 13.9. The van der Waals surface area contributed by atoms with E-state index >= 15 is 0 Å². The molecule has 0 amide bonds. The van der Waals surface area contributed by atoms with Gasteiger partial charge in [-0.1, -0.05) is 64.7 Å². The number of unbranched alkanes of at least 4 members (excludes halogenated alkanes) is 10. The minimum absolute atomic E-state index is 0. The molecule has 0 saturated carbocycles. The summed E-state index contributed by atoms with van der Waals surface area (Å²) in [6, 6.07) is 0. The van der Waals surface area contributed by atoms with E-state index in [1.54, 1.807) is 0 Å². The third-order valence-electron chi connectivity index (χ3n) is 3.62. The third-order valence-corrected chi connectivity index (χ3v) is 3.62. The fourth-order valence-corrected chi connectivity index (χ4v) is 2.42. The molecule has 0 bridgehead atoms. The Labute approximate surface area is 125 Å². The van der Waals surface area contributed by atoms with Crippen LogP contribution in [-0.2, 0) is 6.54 Å². The molecule has 0 unspecified atom stereocenters. The van der Waals surface area contributed by atoms with E-state index in [1.807, 2.05) is 12.5 Å². The highest BCUT2D eigenvalue weighted by Crippen LogP contribution is 2.11. The highest BCUT2D eigenvalue weighted by molar-refractivity contribution is 4.55. The Balaban J connectivity index is 0.00000324. The zero-order valence-corrected chi connectivity index (χ0v) is 13.3. The van der Waals surface area contributed by atoms with Crippen molar-refractivity contribution in [3.05, 3.63) is 18.7 Å². The smallest absolute Gasteiger partial charge is 0.241 e. The van der Waals surface area contributed by atoms with Gasteiger partial charge in [-0.15, -0.1) is 0 Å². The molecule has 1 rings (SSSR count). The largest absolute Gasteiger partial charge is 1.00 e. The zero-order valence-electron chi connectivity index (χ0n) is 12.5. The Kier molecular flexibility index (Phi) is 13.6. The summed E-state index contributed by atoms with van der Waals surface area (Å²) in [6.45, 7) is 3.45. The predicted octanol–water partition coefficient (Wildman–Crippen LogP) is 1.62. The van der Waals surface area contributed by atoms with E-state index in [4.69, 9.17) is 0 Å². The van der Waals surface area contributed by atoms with E-state index in [2.05, 4.69) is 22.7 Å². The number of H-pyrrole nitrogens is 1. The van der Waals surface area contributed by atoms with Crippen molar-refractivity contribution >= 4 is 0 Å². The second-order valence-corrected chi connectivity index (χ2v) is 5.38. The maximum atomic E-state index is 3.08. The molecule has 0 aromatic carbocycles. The number of rotatable bonds is 12. The van der Waals surface area contributed by atoms with Gasteiger partial charge >= 0.3 is 0 Å². The van der Waals surface area contributed by atoms with Crippen LogP contribution in [0.3, 0.4) is 0 Å². The minimum atomic E-state index is 0. The average Bonchev–Trinajstić information content (AvgIpc) is 2.89. The molecule has 1 aromatic rings. The van der Waals surface area contributed by atoms with Gasteiger partial charge in [-0.3, -0.25) is 4.98 Å². The Morgan fingerprint density at radius 2 is 1.32 bits per heavy atom. The topological polar surface area (TPSA) is 19.7 Å². The molecule has 1 N–H and O–H groups in total. The maximum absolute atomic E-state index is 3.08. The molecule has 0 spiro atoms. The lowest BCUT2D eigenvalue weighted by Gasteiger charge is -2.01. The fraction of sp³-hybridized carbons (Fsp3) is 0.812. The number of nitrogens with zero attached hydrogens (tertiary/aromatic N) is 1. The first-order valence-electron chi connectivity index (χ1n) is 7.95. The Hall–Kier alpha value is -0.500.